The van der Waals surface area contributed by atoms with Crippen LogP contribution in [0.15, 0.2) is 48.5 Å². The van der Waals surface area contributed by atoms with Crippen LogP contribution in [-0.2, 0) is 6.54 Å². The Morgan fingerprint density at radius 2 is 1.90 bits per heavy atom. The van der Waals surface area contributed by atoms with Gasteiger partial charge in [-0.15, -0.1) is 0 Å². The summed E-state index contributed by atoms with van der Waals surface area (Å²) >= 11 is 0. The second-order valence-electron chi connectivity index (χ2n) is 5.21. The average molecular weight is 280 g/mol. The van der Waals surface area contributed by atoms with Crippen molar-refractivity contribution in [3.05, 3.63) is 65.2 Å². The zero-order valence-electron chi connectivity index (χ0n) is 12.5. The van der Waals surface area contributed by atoms with Crippen LogP contribution in [0.5, 0.6) is 5.75 Å². The van der Waals surface area contributed by atoms with Gasteiger partial charge in [-0.3, -0.25) is 4.90 Å². The third-order valence-electron chi connectivity index (χ3n) is 3.26. The van der Waals surface area contributed by atoms with Gasteiger partial charge >= 0.3 is 0 Å². The molecule has 0 spiro atoms. The molecule has 0 N–H and O–H groups in total. The highest BCUT2D eigenvalue weighted by Gasteiger charge is 2.01. The quantitative estimate of drug-likeness (QED) is 0.814. The molecule has 21 heavy (non-hydrogen) atoms. The molecule has 0 aliphatic carbocycles. The number of rotatable bonds is 6. The predicted octanol–water partition coefficient (Wildman–Crippen LogP) is 3.38. The molecule has 3 nitrogen and oxygen atoms in total. The number of benzene rings is 2. The molecule has 0 atom stereocenters. The molecule has 0 unspecified atom stereocenters. The smallest absolute Gasteiger partial charge is 0.119 e. The fraction of sp³-hybridized carbons (Fsp3) is 0.278. The third-order valence-corrected chi connectivity index (χ3v) is 3.26. The van der Waals surface area contributed by atoms with E-state index in [4.69, 9.17) is 10.00 Å². The molecule has 3 heteroatoms. The van der Waals surface area contributed by atoms with Crippen molar-refractivity contribution in [2.24, 2.45) is 0 Å². The van der Waals surface area contributed by atoms with Crippen LogP contribution in [0.25, 0.3) is 0 Å². The lowest BCUT2D eigenvalue weighted by Crippen LogP contribution is -2.23. The van der Waals surface area contributed by atoms with E-state index in [2.05, 4.69) is 49.2 Å². The molecular formula is C18H20N2O. The topological polar surface area (TPSA) is 36.3 Å². The fourth-order valence-corrected chi connectivity index (χ4v) is 2.15. The summed E-state index contributed by atoms with van der Waals surface area (Å²) in [7, 11) is 2.09. The van der Waals surface area contributed by atoms with Crippen LogP contribution in [0.4, 0.5) is 0 Å². The molecule has 0 aliphatic heterocycles. The highest BCUT2D eigenvalue weighted by molar-refractivity contribution is 5.34. The van der Waals surface area contributed by atoms with Gasteiger partial charge in [-0.05, 0) is 43.8 Å². The molecule has 2 aromatic rings. The van der Waals surface area contributed by atoms with Gasteiger partial charge in [0.2, 0.25) is 0 Å². The van der Waals surface area contributed by atoms with E-state index in [1.807, 2.05) is 12.1 Å². The normalized spacial score (nSPS) is 10.4. The van der Waals surface area contributed by atoms with Crippen LogP contribution in [0, 0.1) is 18.3 Å². The molecule has 0 radical (unpaired) electrons. The first-order valence-electron chi connectivity index (χ1n) is 7.04. The lowest BCUT2D eigenvalue weighted by Gasteiger charge is -2.17. The second kappa shape index (κ2) is 7.47. The molecule has 0 aliphatic rings. The molecule has 0 amide bonds. The van der Waals surface area contributed by atoms with E-state index < -0.39 is 0 Å². The molecule has 0 bridgehead atoms. The van der Waals surface area contributed by atoms with Crippen LogP contribution >= 0.6 is 0 Å². The number of ether oxygens (including phenoxy) is 1. The van der Waals surface area contributed by atoms with Crippen LogP contribution < -0.4 is 4.74 Å². The van der Waals surface area contributed by atoms with Crippen LogP contribution in [0.3, 0.4) is 0 Å². The highest BCUT2D eigenvalue weighted by Crippen LogP contribution is 2.11. The van der Waals surface area contributed by atoms with E-state index in [1.165, 1.54) is 11.1 Å². The maximum absolute atomic E-state index is 8.74. The maximum atomic E-state index is 8.74. The number of hydrogen-bond acceptors (Lipinski definition) is 3. The molecule has 108 valence electrons. The predicted molar refractivity (Wildman–Crippen MR) is 84.2 cm³/mol. The Morgan fingerprint density at radius 1 is 1.14 bits per heavy atom. The minimum Gasteiger partial charge on any atom is -0.492 e. The van der Waals surface area contributed by atoms with Gasteiger partial charge in [0, 0.05) is 13.1 Å². The van der Waals surface area contributed by atoms with E-state index >= 15 is 0 Å². The molecule has 0 heterocycles. The number of nitriles is 1. The Bertz CT molecular complexity index is 614. The van der Waals surface area contributed by atoms with E-state index in [1.54, 1.807) is 12.1 Å². The summed E-state index contributed by atoms with van der Waals surface area (Å²) in [6.45, 7) is 4.51. The Morgan fingerprint density at radius 3 is 2.57 bits per heavy atom. The van der Waals surface area contributed by atoms with Crippen LogP contribution in [0.2, 0.25) is 0 Å². The summed E-state index contributed by atoms with van der Waals surface area (Å²) in [6, 6.07) is 17.8. The summed E-state index contributed by atoms with van der Waals surface area (Å²) in [5.41, 5.74) is 3.25. The largest absolute Gasteiger partial charge is 0.492 e. The first-order valence-corrected chi connectivity index (χ1v) is 7.04. The number of nitrogens with zero attached hydrogens (tertiary/aromatic N) is 2. The second-order valence-corrected chi connectivity index (χ2v) is 5.21. The van der Waals surface area contributed by atoms with E-state index in [0.29, 0.717) is 12.2 Å². The Labute approximate surface area is 126 Å². The van der Waals surface area contributed by atoms with E-state index in [-0.39, 0.29) is 0 Å². The third kappa shape index (κ3) is 4.94. The zero-order chi connectivity index (χ0) is 15.1. The monoisotopic (exact) mass is 280 g/mol. The lowest BCUT2D eigenvalue weighted by atomic mass is 10.1. The van der Waals surface area contributed by atoms with Crippen molar-refractivity contribution in [3.63, 3.8) is 0 Å². The summed E-state index contributed by atoms with van der Waals surface area (Å²) in [6.07, 6.45) is 0. The molecule has 0 saturated heterocycles. The Hall–Kier alpha value is -2.31. The summed E-state index contributed by atoms with van der Waals surface area (Å²) in [5.74, 6) is 0.804. The molecule has 0 saturated carbocycles. The Balaban J connectivity index is 1.76. The van der Waals surface area contributed by atoms with Crippen molar-refractivity contribution >= 4 is 0 Å². The maximum Gasteiger partial charge on any atom is 0.119 e. The average Bonchev–Trinajstić information content (AvgIpc) is 2.48. The zero-order valence-corrected chi connectivity index (χ0v) is 12.5. The van der Waals surface area contributed by atoms with Gasteiger partial charge in [0.05, 0.1) is 11.6 Å². The highest BCUT2D eigenvalue weighted by atomic mass is 16.5. The first kappa shape index (κ1) is 15.1. The van der Waals surface area contributed by atoms with Gasteiger partial charge in [0.25, 0.3) is 0 Å². The van der Waals surface area contributed by atoms with Crippen molar-refractivity contribution in [1.82, 2.24) is 4.90 Å². The van der Waals surface area contributed by atoms with Crippen LogP contribution in [-0.4, -0.2) is 25.1 Å². The fourth-order valence-electron chi connectivity index (χ4n) is 2.15. The van der Waals surface area contributed by atoms with Crippen molar-refractivity contribution in [3.8, 4) is 11.8 Å². The van der Waals surface area contributed by atoms with Gasteiger partial charge in [0.1, 0.15) is 12.4 Å². The molecular weight excluding hydrogens is 260 g/mol. The number of hydrogen-bond donors (Lipinski definition) is 0. The standard InChI is InChI=1S/C18H20N2O/c1-15-4-3-5-17(12-15)14-20(2)10-11-21-18-8-6-16(13-19)7-9-18/h3-9,12H,10-11,14H2,1-2H3. The van der Waals surface area contributed by atoms with Gasteiger partial charge in [-0.25, -0.2) is 0 Å². The lowest BCUT2D eigenvalue weighted by molar-refractivity contribution is 0.233. The SMILES string of the molecule is Cc1cccc(CN(C)CCOc2ccc(C#N)cc2)c1. The minimum atomic E-state index is 0.633. The van der Waals surface area contributed by atoms with Crippen molar-refractivity contribution in [1.29, 1.82) is 5.26 Å². The number of likely N-dealkylation sites (N-methyl/N-ethyl adjacent to an activating group) is 1. The van der Waals surface area contributed by atoms with Crippen molar-refractivity contribution in [2.75, 3.05) is 20.2 Å². The summed E-state index contributed by atoms with van der Waals surface area (Å²) < 4.78 is 5.69. The minimum absolute atomic E-state index is 0.633. The molecule has 2 aromatic carbocycles. The van der Waals surface area contributed by atoms with E-state index in [0.717, 1.165) is 18.8 Å². The van der Waals surface area contributed by atoms with E-state index in [9.17, 15) is 0 Å². The molecule has 0 aromatic heterocycles. The van der Waals surface area contributed by atoms with Gasteiger partial charge in [-0.2, -0.15) is 5.26 Å². The molecule has 0 fully saturated rings. The van der Waals surface area contributed by atoms with Crippen molar-refractivity contribution < 1.29 is 4.74 Å². The van der Waals surface area contributed by atoms with Gasteiger partial charge in [-0.1, -0.05) is 29.8 Å². The number of aryl methyl sites for hydroxylation is 1. The summed E-state index contributed by atoms with van der Waals surface area (Å²) in [5, 5.41) is 8.74. The summed E-state index contributed by atoms with van der Waals surface area (Å²) in [4.78, 5) is 2.23. The first-order chi connectivity index (χ1) is 10.2. The molecule has 2 rings (SSSR count). The Kier molecular flexibility index (Phi) is 5.36. The van der Waals surface area contributed by atoms with Gasteiger partial charge < -0.3 is 4.74 Å². The van der Waals surface area contributed by atoms with Crippen LogP contribution in [0.1, 0.15) is 16.7 Å². The van der Waals surface area contributed by atoms with Crippen molar-refractivity contribution in [2.45, 2.75) is 13.5 Å². The van der Waals surface area contributed by atoms with Gasteiger partial charge in [0.15, 0.2) is 0 Å².